The lowest BCUT2D eigenvalue weighted by atomic mass is 10.00. The third-order valence-corrected chi connectivity index (χ3v) is 6.35. The molecule has 0 spiro atoms. The second-order valence-corrected chi connectivity index (χ2v) is 9.19. The molecule has 2 N–H and O–H groups in total. The van der Waals surface area contributed by atoms with Crippen LogP contribution in [0.2, 0.25) is 0 Å². The zero-order valence-electron chi connectivity index (χ0n) is 20.3. The van der Waals surface area contributed by atoms with Crippen molar-refractivity contribution >= 4 is 11.8 Å². The molecule has 1 heterocycles. The van der Waals surface area contributed by atoms with Crippen LogP contribution in [0.15, 0.2) is 48.5 Å². The smallest absolute Gasteiger partial charge is 0.251 e. The number of ether oxygens (including phenoxy) is 1. The van der Waals surface area contributed by atoms with Gasteiger partial charge in [-0.25, -0.2) is 0 Å². The largest absolute Gasteiger partial charge is 0.497 e. The Hall–Kier alpha value is -2.86. The third-order valence-electron chi connectivity index (χ3n) is 6.35. The lowest BCUT2D eigenvalue weighted by molar-refractivity contribution is -0.124. The number of benzene rings is 2. The van der Waals surface area contributed by atoms with E-state index in [0.29, 0.717) is 12.1 Å². The van der Waals surface area contributed by atoms with Crippen LogP contribution in [0.3, 0.4) is 0 Å². The van der Waals surface area contributed by atoms with Gasteiger partial charge >= 0.3 is 0 Å². The second kappa shape index (κ2) is 11.8. The molecule has 0 aromatic heterocycles. The number of hydrogen-bond donors (Lipinski definition) is 2. The predicted molar refractivity (Wildman–Crippen MR) is 131 cm³/mol. The van der Waals surface area contributed by atoms with E-state index in [4.69, 9.17) is 4.74 Å². The molecule has 0 aliphatic carbocycles. The summed E-state index contributed by atoms with van der Waals surface area (Å²) < 4.78 is 5.31. The predicted octanol–water partition coefficient (Wildman–Crippen LogP) is 4.10. The van der Waals surface area contributed by atoms with E-state index in [-0.39, 0.29) is 23.8 Å². The molecule has 1 aliphatic heterocycles. The van der Waals surface area contributed by atoms with Gasteiger partial charge < -0.3 is 15.4 Å². The van der Waals surface area contributed by atoms with Crippen LogP contribution in [0.1, 0.15) is 60.6 Å². The number of carbonyl (C=O) groups is 2. The molecule has 33 heavy (non-hydrogen) atoms. The van der Waals surface area contributed by atoms with Gasteiger partial charge in [0.15, 0.2) is 0 Å². The fraction of sp³-hybridized carbons (Fsp3) is 0.481. The van der Waals surface area contributed by atoms with Gasteiger partial charge in [-0.05, 0) is 68.6 Å². The molecule has 0 radical (unpaired) electrons. The highest BCUT2D eigenvalue weighted by Gasteiger charge is 2.27. The van der Waals surface area contributed by atoms with Crippen molar-refractivity contribution in [1.82, 2.24) is 15.5 Å². The molecule has 2 amide bonds. The van der Waals surface area contributed by atoms with Gasteiger partial charge in [0.1, 0.15) is 11.8 Å². The molecule has 178 valence electrons. The van der Waals surface area contributed by atoms with Crippen molar-refractivity contribution in [2.24, 2.45) is 5.92 Å². The number of aryl methyl sites for hydroxylation is 1. The van der Waals surface area contributed by atoms with Crippen molar-refractivity contribution in [3.05, 3.63) is 65.2 Å². The van der Waals surface area contributed by atoms with Gasteiger partial charge in [0.05, 0.1) is 13.2 Å². The maximum Gasteiger partial charge on any atom is 0.251 e. The Morgan fingerprint density at radius 2 is 1.61 bits per heavy atom. The number of amides is 2. The van der Waals surface area contributed by atoms with E-state index in [2.05, 4.69) is 27.7 Å². The number of piperidine rings is 1. The van der Waals surface area contributed by atoms with Crippen molar-refractivity contribution in [3.8, 4) is 5.75 Å². The Bertz CT molecular complexity index is 903. The molecule has 2 aromatic carbocycles. The van der Waals surface area contributed by atoms with Crippen LogP contribution >= 0.6 is 0 Å². The van der Waals surface area contributed by atoms with Crippen LogP contribution in [0.4, 0.5) is 0 Å². The fourth-order valence-corrected chi connectivity index (χ4v) is 4.29. The Labute approximate surface area is 197 Å². The van der Waals surface area contributed by atoms with Gasteiger partial charge in [0.2, 0.25) is 5.91 Å². The van der Waals surface area contributed by atoms with Crippen LogP contribution in [-0.2, 0) is 4.79 Å². The first-order valence-electron chi connectivity index (χ1n) is 11.9. The highest BCUT2D eigenvalue weighted by molar-refractivity contribution is 5.97. The molecule has 0 saturated carbocycles. The van der Waals surface area contributed by atoms with Gasteiger partial charge in [-0.2, -0.15) is 0 Å². The molecule has 1 saturated heterocycles. The summed E-state index contributed by atoms with van der Waals surface area (Å²) >= 11 is 0. The Balaban J connectivity index is 1.69. The number of carbonyl (C=O) groups excluding carboxylic acids is 2. The Kier molecular flexibility index (Phi) is 8.89. The fourth-order valence-electron chi connectivity index (χ4n) is 4.29. The lowest BCUT2D eigenvalue weighted by Crippen LogP contribution is -2.51. The number of hydrogen-bond acceptors (Lipinski definition) is 4. The summed E-state index contributed by atoms with van der Waals surface area (Å²) in [5.74, 6) is 0.403. The van der Waals surface area contributed by atoms with Crippen molar-refractivity contribution in [1.29, 1.82) is 0 Å². The zero-order valence-corrected chi connectivity index (χ0v) is 20.3. The maximum absolute atomic E-state index is 13.2. The van der Waals surface area contributed by atoms with E-state index < -0.39 is 6.04 Å². The topological polar surface area (TPSA) is 70.7 Å². The van der Waals surface area contributed by atoms with Crippen LogP contribution in [0, 0.1) is 12.8 Å². The zero-order chi connectivity index (χ0) is 23.8. The molecule has 1 aliphatic rings. The number of methoxy groups -OCH3 is 1. The summed E-state index contributed by atoms with van der Waals surface area (Å²) in [6, 6.07) is 14.9. The first-order valence-corrected chi connectivity index (χ1v) is 11.9. The minimum atomic E-state index is -0.600. The molecule has 1 fully saturated rings. The van der Waals surface area contributed by atoms with Gasteiger partial charge in [0, 0.05) is 12.1 Å². The molecule has 6 nitrogen and oxygen atoms in total. The SMILES string of the molecule is COc1ccc([C@@H](CNC(=O)[C@@H](NC(=O)c2ccc(C)cc2)C(C)C)N2CCCCC2)cc1. The average molecular weight is 452 g/mol. The normalized spacial score (nSPS) is 16.2. The molecule has 6 heteroatoms. The number of nitrogens with one attached hydrogen (secondary N) is 2. The quantitative estimate of drug-likeness (QED) is 0.602. The maximum atomic E-state index is 13.2. The molecule has 2 atom stereocenters. The Morgan fingerprint density at radius 3 is 2.18 bits per heavy atom. The summed E-state index contributed by atoms with van der Waals surface area (Å²) in [7, 11) is 1.66. The first kappa shape index (κ1) is 24.8. The molecule has 2 aromatic rings. The monoisotopic (exact) mass is 451 g/mol. The number of likely N-dealkylation sites (tertiary alicyclic amines) is 1. The van der Waals surface area contributed by atoms with Crippen molar-refractivity contribution in [2.45, 2.75) is 52.1 Å². The highest BCUT2D eigenvalue weighted by atomic mass is 16.5. The van der Waals surface area contributed by atoms with Crippen LogP contribution in [0.25, 0.3) is 0 Å². The van der Waals surface area contributed by atoms with E-state index in [9.17, 15) is 9.59 Å². The van der Waals surface area contributed by atoms with Gasteiger partial charge in [-0.3, -0.25) is 14.5 Å². The van der Waals surface area contributed by atoms with E-state index >= 15 is 0 Å². The highest BCUT2D eigenvalue weighted by Crippen LogP contribution is 2.26. The lowest BCUT2D eigenvalue weighted by Gasteiger charge is -2.35. The van der Waals surface area contributed by atoms with Gasteiger partial charge in [-0.15, -0.1) is 0 Å². The van der Waals surface area contributed by atoms with Crippen molar-refractivity contribution in [3.63, 3.8) is 0 Å². The minimum absolute atomic E-state index is 0.0335. The third kappa shape index (κ3) is 6.81. The van der Waals surface area contributed by atoms with Crippen LogP contribution in [-0.4, -0.2) is 49.5 Å². The molecule has 3 rings (SSSR count). The average Bonchev–Trinajstić information content (AvgIpc) is 2.83. The van der Waals surface area contributed by atoms with Gasteiger partial charge in [-0.1, -0.05) is 50.1 Å². The second-order valence-electron chi connectivity index (χ2n) is 9.19. The van der Waals surface area contributed by atoms with E-state index in [1.54, 1.807) is 19.2 Å². The van der Waals surface area contributed by atoms with Crippen molar-refractivity contribution in [2.75, 3.05) is 26.7 Å². The summed E-state index contributed by atoms with van der Waals surface area (Å²) in [5, 5.41) is 6.06. The van der Waals surface area contributed by atoms with E-state index in [0.717, 1.165) is 30.0 Å². The molecular weight excluding hydrogens is 414 g/mol. The van der Waals surface area contributed by atoms with E-state index in [1.165, 1.54) is 19.3 Å². The standard InChI is InChI=1S/C27H37N3O3/c1-19(2)25(29-26(31)22-10-8-20(3)9-11-22)27(32)28-18-24(30-16-6-5-7-17-30)21-12-14-23(33-4)15-13-21/h8-15,19,24-25H,5-7,16-18H2,1-4H3,(H,28,32)(H,29,31)/t24-,25+/m1/s1. The summed E-state index contributed by atoms with van der Waals surface area (Å²) in [4.78, 5) is 28.3. The summed E-state index contributed by atoms with van der Waals surface area (Å²) in [5.41, 5.74) is 2.80. The van der Waals surface area contributed by atoms with Crippen molar-refractivity contribution < 1.29 is 14.3 Å². The number of nitrogens with zero attached hydrogens (tertiary/aromatic N) is 1. The number of rotatable bonds is 9. The summed E-state index contributed by atoms with van der Waals surface area (Å²) in [6.07, 6.45) is 3.59. The molecule has 0 unspecified atom stereocenters. The van der Waals surface area contributed by atoms with Crippen LogP contribution < -0.4 is 15.4 Å². The van der Waals surface area contributed by atoms with Crippen LogP contribution in [0.5, 0.6) is 5.75 Å². The minimum Gasteiger partial charge on any atom is -0.497 e. The van der Waals surface area contributed by atoms with Gasteiger partial charge in [0.25, 0.3) is 5.91 Å². The Morgan fingerprint density at radius 1 is 0.970 bits per heavy atom. The van der Waals surface area contributed by atoms with E-state index in [1.807, 2.05) is 45.0 Å². The molecule has 0 bridgehead atoms. The molecular formula is C27H37N3O3. The summed E-state index contributed by atoms with van der Waals surface area (Å²) in [6.45, 7) is 8.41. The first-order chi connectivity index (χ1) is 15.9.